The molecule has 2 N–H and O–H groups in total. The Balaban J connectivity index is 0.00000160. The van der Waals surface area contributed by atoms with Crippen LogP contribution in [0.2, 0.25) is 0 Å². The molecule has 1 amide bonds. The zero-order valence-corrected chi connectivity index (χ0v) is 18.9. The molecule has 1 aromatic carbocycles. The highest BCUT2D eigenvalue weighted by atomic mass is 35.5. The molecule has 3 aromatic rings. The van der Waals surface area contributed by atoms with Crippen molar-refractivity contribution >= 4 is 41.8 Å². The molecule has 1 fully saturated rings. The van der Waals surface area contributed by atoms with E-state index in [4.69, 9.17) is 4.98 Å². The molecule has 0 bridgehead atoms. The van der Waals surface area contributed by atoms with Gasteiger partial charge < -0.3 is 10.6 Å². The Hall–Kier alpha value is -2.19. The number of fused-ring (bicyclic) bond motifs is 1. The van der Waals surface area contributed by atoms with E-state index in [0.29, 0.717) is 12.1 Å². The van der Waals surface area contributed by atoms with Crippen molar-refractivity contribution in [3.05, 3.63) is 47.7 Å². The summed E-state index contributed by atoms with van der Waals surface area (Å²) in [6.45, 7) is 7.47. The van der Waals surface area contributed by atoms with Gasteiger partial charge in [-0.25, -0.2) is 4.98 Å². The van der Waals surface area contributed by atoms with E-state index in [1.54, 1.807) is 4.68 Å². The van der Waals surface area contributed by atoms with Crippen LogP contribution in [0, 0.1) is 6.92 Å². The lowest BCUT2D eigenvalue weighted by Gasteiger charge is -2.27. The normalized spacial score (nSPS) is 14.1. The van der Waals surface area contributed by atoms with Crippen molar-refractivity contribution in [2.24, 2.45) is 7.05 Å². The maximum absolute atomic E-state index is 13.0. The van der Waals surface area contributed by atoms with E-state index < -0.39 is 0 Å². The maximum Gasteiger partial charge on any atom is 0.252 e. The van der Waals surface area contributed by atoms with Crippen LogP contribution in [0.1, 0.15) is 16.1 Å². The van der Waals surface area contributed by atoms with Crippen LogP contribution in [-0.2, 0) is 7.05 Å². The molecule has 0 spiro atoms. The van der Waals surface area contributed by atoms with Crippen LogP contribution in [-0.4, -0.2) is 64.8 Å². The van der Waals surface area contributed by atoms with Crippen molar-refractivity contribution in [2.75, 3.05) is 39.3 Å². The smallest absolute Gasteiger partial charge is 0.252 e. The van der Waals surface area contributed by atoms with Gasteiger partial charge in [-0.1, -0.05) is 30.3 Å². The number of piperazine rings is 1. The van der Waals surface area contributed by atoms with Crippen LogP contribution in [0.15, 0.2) is 36.4 Å². The summed E-state index contributed by atoms with van der Waals surface area (Å²) < 4.78 is 1.74. The molecule has 1 aliphatic heterocycles. The van der Waals surface area contributed by atoms with E-state index in [0.717, 1.165) is 60.7 Å². The molecule has 1 aliphatic rings. The van der Waals surface area contributed by atoms with Crippen molar-refractivity contribution in [3.63, 3.8) is 0 Å². The van der Waals surface area contributed by atoms with Crippen LogP contribution < -0.4 is 10.6 Å². The van der Waals surface area contributed by atoms with Crippen LogP contribution >= 0.6 is 24.8 Å². The predicted molar refractivity (Wildman–Crippen MR) is 125 cm³/mol. The number of aryl methyl sites for hydroxylation is 2. The molecule has 3 heterocycles. The number of pyridine rings is 1. The third-order valence-corrected chi connectivity index (χ3v) is 5.21. The number of hydrogen-bond donors (Lipinski definition) is 2. The highest BCUT2D eigenvalue weighted by molar-refractivity contribution is 6.07. The molecule has 30 heavy (non-hydrogen) atoms. The predicted octanol–water partition coefficient (Wildman–Crippen LogP) is 2.42. The van der Waals surface area contributed by atoms with Crippen LogP contribution in [0.4, 0.5) is 0 Å². The number of nitrogens with zero attached hydrogens (tertiary/aromatic N) is 4. The van der Waals surface area contributed by atoms with Crippen molar-refractivity contribution < 1.29 is 4.79 Å². The fourth-order valence-corrected chi connectivity index (χ4v) is 3.74. The quantitative estimate of drug-likeness (QED) is 0.624. The summed E-state index contributed by atoms with van der Waals surface area (Å²) in [4.78, 5) is 20.2. The van der Waals surface area contributed by atoms with Crippen molar-refractivity contribution in [3.8, 4) is 11.3 Å². The molecule has 2 aromatic heterocycles. The summed E-state index contributed by atoms with van der Waals surface area (Å²) in [7, 11) is 1.86. The van der Waals surface area contributed by atoms with Gasteiger partial charge in [0.2, 0.25) is 0 Å². The summed E-state index contributed by atoms with van der Waals surface area (Å²) in [5.74, 6) is -0.0733. The molecule has 0 radical (unpaired) electrons. The van der Waals surface area contributed by atoms with Gasteiger partial charge in [0.1, 0.15) is 0 Å². The molecule has 9 heteroatoms. The standard InChI is InChI=1S/C21H26N6O.2ClH/c1-15-19-17(21(28)23-10-13-27-11-8-22-9-12-27)14-18(16-6-4-3-5-7-16)24-20(19)26(2)25-15;;/h3-7,14,22H,8-13H2,1-2H3,(H,23,28);2*1H. The lowest BCUT2D eigenvalue weighted by Crippen LogP contribution is -2.46. The van der Waals surface area contributed by atoms with E-state index in [9.17, 15) is 4.79 Å². The highest BCUT2D eigenvalue weighted by Crippen LogP contribution is 2.26. The van der Waals surface area contributed by atoms with Gasteiger partial charge in [0.25, 0.3) is 5.91 Å². The van der Waals surface area contributed by atoms with Gasteiger partial charge in [0.05, 0.1) is 22.3 Å². The van der Waals surface area contributed by atoms with Crippen LogP contribution in [0.3, 0.4) is 0 Å². The average Bonchev–Trinajstić information content (AvgIpc) is 3.02. The topological polar surface area (TPSA) is 75.1 Å². The summed E-state index contributed by atoms with van der Waals surface area (Å²) in [6.07, 6.45) is 0. The first-order valence-corrected chi connectivity index (χ1v) is 9.74. The van der Waals surface area contributed by atoms with Gasteiger partial charge in [-0.2, -0.15) is 5.10 Å². The fourth-order valence-electron chi connectivity index (χ4n) is 3.74. The van der Waals surface area contributed by atoms with Gasteiger partial charge >= 0.3 is 0 Å². The second-order valence-electron chi connectivity index (χ2n) is 7.18. The highest BCUT2D eigenvalue weighted by Gasteiger charge is 2.19. The molecule has 162 valence electrons. The Labute approximate surface area is 189 Å². The zero-order valence-electron chi connectivity index (χ0n) is 17.2. The summed E-state index contributed by atoms with van der Waals surface area (Å²) in [6, 6.07) is 11.8. The van der Waals surface area contributed by atoms with E-state index in [2.05, 4.69) is 20.6 Å². The van der Waals surface area contributed by atoms with Crippen LogP contribution in [0.25, 0.3) is 22.3 Å². The number of amides is 1. The SMILES string of the molecule is Cc1nn(C)c2nc(-c3ccccc3)cc(C(=O)NCCN3CCNCC3)c12.Cl.Cl. The van der Waals surface area contributed by atoms with Gasteiger partial charge in [0, 0.05) is 51.9 Å². The van der Waals surface area contributed by atoms with Gasteiger partial charge in [-0.3, -0.25) is 14.4 Å². The molecule has 0 saturated carbocycles. The van der Waals surface area contributed by atoms with Crippen molar-refractivity contribution in [2.45, 2.75) is 6.92 Å². The van der Waals surface area contributed by atoms with Gasteiger partial charge in [0.15, 0.2) is 5.65 Å². The first-order chi connectivity index (χ1) is 13.6. The zero-order chi connectivity index (χ0) is 19.5. The molecule has 7 nitrogen and oxygen atoms in total. The number of carbonyl (C=O) groups excluding carboxylic acids is 1. The average molecular weight is 451 g/mol. The van der Waals surface area contributed by atoms with Gasteiger partial charge in [-0.05, 0) is 13.0 Å². The lowest BCUT2D eigenvalue weighted by molar-refractivity contribution is 0.0949. The van der Waals surface area contributed by atoms with Crippen molar-refractivity contribution in [1.82, 2.24) is 30.3 Å². The monoisotopic (exact) mass is 450 g/mol. The minimum atomic E-state index is -0.0733. The third-order valence-electron chi connectivity index (χ3n) is 5.21. The number of rotatable bonds is 5. The lowest BCUT2D eigenvalue weighted by atomic mass is 10.0. The first kappa shape index (κ1) is 24.1. The molecule has 0 atom stereocenters. The Morgan fingerprint density at radius 2 is 1.87 bits per heavy atom. The number of aromatic nitrogens is 3. The number of carbonyl (C=O) groups is 1. The van der Waals surface area contributed by atoms with E-state index >= 15 is 0 Å². The van der Waals surface area contributed by atoms with E-state index in [-0.39, 0.29) is 30.7 Å². The van der Waals surface area contributed by atoms with Gasteiger partial charge in [-0.15, -0.1) is 24.8 Å². The molecule has 0 unspecified atom stereocenters. The number of halogens is 2. The minimum absolute atomic E-state index is 0. The Kier molecular flexibility index (Phi) is 8.61. The minimum Gasteiger partial charge on any atom is -0.351 e. The Morgan fingerprint density at radius 3 is 2.57 bits per heavy atom. The van der Waals surface area contributed by atoms with Crippen LogP contribution in [0.5, 0.6) is 0 Å². The van der Waals surface area contributed by atoms with E-state index in [1.807, 2.05) is 50.4 Å². The summed E-state index contributed by atoms with van der Waals surface area (Å²) in [5.41, 5.74) is 3.94. The summed E-state index contributed by atoms with van der Waals surface area (Å²) in [5, 5.41) is 11.7. The van der Waals surface area contributed by atoms with E-state index in [1.165, 1.54) is 0 Å². The summed E-state index contributed by atoms with van der Waals surface area (Å²) >= 11 is 0. The molecular formula is C21H28Cl2N6O. The number of hydrogen-bond acceptors (Lipinski definition) is 5. The van der Waals surface area contributed by atoms with Crippen molar-refractivity contribution in [1.29, 1.82) is 0 Å². The molecule has 0 aliphatic carbocycles. The molecule has 1 saturated heterocycles. The third kappa shape index (κ3) is 5.10. The Morgan fingerprint density at radius 1 is 1.17 bits per heavy atom. The second-order valence-corrected chi connectivity index (χ2v) is 7.18. The second kappa shape index (κ2) is 10.7. The number of benzene rings is 1. The largest absolute Gasteiger partial charge is 0.351 e. The molecule has 4 rings (SSSR count). The number of nitrogens with one attached hydrogen (secondary N) is 2. The maximum atomic E-state index is 13.0. The molecular weight excluding hydrogens is 423 g/mol. The first-order valence-electron chi connectivity index (χ1n) is 9.74. The fraction of sp³-hybridized carbons (Fsp3) is 0.381. The Bertz CT molecular complexity index is 986.